The molecule has 0 heterocycles. The highest BCUT2D eigenvalue weighted by Crippen LogP contribution is 2.30. The van der Waals surface area contributed by atoms with Gasteiger partial charge in [-0.3, -0.25) is 0 Å². The standard InChI is InChI=1S/C16H24ClN/c1-11-8-12(2)10-16(9-11)18-13(3)14-4-6-15(17)7-5-14/h4-7,11-13,16,18H,8-10H2,1-3H3. The highest BCUT2D eigenvalue weighted by molar-refractivity contribution is 6.30. The molecule has 100 valence electrons. The fourth-order valence-corrected chi connectivity index (χ4v) is 3.41. The summed E-state index contributed by atoms with van der Waals surface area (Å²) in [6.07, 6.45) is 4.00. The Kier molecular flexibility index (Phi) is 4.69. The Morgan fingerprint density at radius 3 is 2.17 bits per heavy atom. The quantitative estimate of drug-likeness (QED) is 0.827. The molecule has 0 aliphatic heterocycles. The molecule has 1 aromatic rings. The zero-order valence-electron chi connectivity index (χ0n) is 11.6. The van der Waals surface area contributed by atoms with E-state index >= 15 is 0 Å². The maximum atomic E-state index is 5.93. The van der Waals surface area contributed by atoms with Crippen LogP contribution in [0.25, 0.3) is 0 Å². The molecule has 0 bridgehead atoms. The van der Waals surface area contributed by atoms with Gasteiger partial charge >= 0.3 is 0 Å². The van der Waals surface area contributed by atoms with Crippen molar-refractivity contribution in [3.05, 3.63) is 34.9 Å². The van der Waals surface area contributed by atoms with Gasteiger partial charge in [0.25, 0.3) is 0 Å². The monoisotopic (exact) mass is 265 g/mol. The van der Waals surface area contributed by atoms with Gasteiger partial charge in [0.1, 0.15) is 0 Å². The maximum absolute atomic E-state index is 5.93. The molecule has 0 spiro atoms. The molecule has 0 radical (unpaired) electrons. The number of nitrogens with one attached hydrogen (secondary N) is 1. The van der Waals surface area contributed by atoms with Crippen LogP contribution < -0.4 is 5.32 Å². The van der Waals surface area contributed by atoms with Gasteiger partial charge in [-0.15, -0.1) is 0 Å². The van der Waals surface area contributed by atoms with E-state index in [-0.39, 0.29) is 0 Å². The molecular weight excluding hydrogens is 242 g/mol. The lowest BCUT2D eigenvalue weighted by molar-refractivity contribution is 0.228. The van der Waals surface area contributed by atoms with Crippen molar-refractivity contribution in [3.8, 4) is 0 Å². The molecule has 0 saturated heterocycles. The molecular formula is C16H24ClN. The molecule has 1 fully saturated rings. The van der Waals surface area contributed by atoms with Gasteiger partial charge in [-0.2, -0.15) is 0 Å². The molecule has 0 aromatic heterocycles. The van der Waals surface area contributed by atoms with E-state index in [1.165, 1.54) is 24.8 Å². The third-order valence-electron chi connectivity index (χ3n) is 4.03. The fourth-order valence-electron chi connectivity index (χ4n) is 3.28. The molecule has 1 N–H and O–H groups in total. The van der Waals surface area contributed by atoms with Gasteiger partial charge in [0.05, 0.1) is 0 Å². The normalized spacial score (nSPS) is 30.1. The van der Waals surface area contributed by atoms with Crippen molar-refractivity contribution >= 4 is 11.6 Å². The summed E-state index contributed by atoms with van der Waals surface area (Å²) in [5.74, 6) is 1.70. The van der Waals surface area contributed by atoms with Gasteiger partial charge in [0, 0.05) is 17.1 Å². The van der Waals surface area contributed by atoms with Crippen LogP contribution in [0.4, 0.5) is 0 Å². The van der Waals surface area contributed by atoms with Crippen molar-refractivity contribution in [2.45, 2.75) is 52.1 Å². The summed E-state index contributed by atoms with van der Waals surface area (Å²) in [4.78, 5) is 0. The molecule has 1 aliphatic carbocycles. The van der Waals surface area contributed by atoms with E-state index in [4.69, 9.17) is 11.6 Å². The first kappa shape index (κ1) is 13.9. The highest BCUT2D eigenvalue weighted by atomic mass is 35.5. The van der Waals surface area contributed by atoms with E-state index in [0.29, 0.717) is 12.1 Å². The van der Waals surface area contributed by atoms with Gasteiger partial charge in [-0.1, -0.05) is 37.6 Å². The molecule has 2 rings (SSSR count). The van der Waals surface area contributed by atoms with Crippen LogP contribution in [0.5, 0.6) is 0 Å². The van der Waals surface area contributed by atoms with Crippen LogP contribution in [0.1, 0.15) is 51.6 Å². The summed E-state index contributed by atoms with van der Waals surface area (Å²) < 4.78 is 0. The van der Waals surface area contributed by atoms with E-state index in [1.807, 2.05) is 12.1 Å². The SMILES string of the molecule is CC1CC(C)CC(NC(C)c2ccc(Cl)cc2)C1. The number of benzene rings is 1. The van der Waals surface area contributed by atoms with Crippen molar-refractivity contribution in [2.24, 2.45) is 11.8 Å². The average molecular weight is 266 g/mol. The fraction of sp³-hybridized carbons (Fsp3) is 0.625. The third-order valence-corrected chi connectivity index (χ3v) is 4.29. The second-order valence-corrected chi connectivity index (χ2v) is 6.49. The summed E-state index contributed by atoms with van der Waals surface area (Å²) in [5, 5.41) is 4.58. The number of hydrogen-bond acceptors (Lipinski definition) is 1. The number of rotatable bonds is 3. The third kappa shape index (κ3) is 3.73. The predicted molar refractivity (Wildman–Crippen MR) is 79.0 cm³/mol. The summed E-state index contributed by atoms with van der Waals surface area (Å²) in [6, 6.07) is 9.26. The molecule has 18 heavy (non-hydrogen) atoms. The minimum absolute atomic E-state index is 0.407. The van der Waals surface area contributed by atoms with E-state index in [9.17, 15) is 0 Å². The molecule has 1 aromatic carbocycles. The molecule has 3 unspecified atom stereocenters. The summed E-state index contributed by atoms with van der Waals surface area (Å²) in [6.45, 7) is 6.99. The Hall–Kier alpha value is -0.530. The lowest BCUT2D eigenvalue weighted by Crippen LogP contribution is -2.37. The summed E-state index contributed by atoms with van der Waals surface area (Å²) in [5.41, 5.74) is 1.32. The van der Waals surface area contributed by atoms with Gasteiger partial charge in [-0.25, -0.2) is 0 Å². The van der Waals surface area contributed by atoms with Crippen molar-refractivity contribution in [3.63, 3.8) is 0 Å². The Balaban J connectivity index is 1.94. The van der Waals surface area contributed by atoms with Crippen molar-refractivity contribution in [1.82, 2.24) is 5.32 Å². The van der Waals surface area contributed by atoms with Crippen molar-refractivity contribution in [1.29, 1.82) is 0 Å². The Bertz CT molecular complexity index is 363. The minimum atomic E-state index is 0.407. The zero-order valence-corrected chi connectivity index (χ0v) is 12.4. The smallest absolute Gasteiger partial charge is 0.0406 e. The molecule has 0 amide bonds. The predicted octanol–water partition coefficient (Wildman–Crippen LogP) is 4.82. The van der Waals surface area contributed by atoms with Gasteiger partial charge in [0.2, 0.25) is 0 Å². The molecule has 2 heteroatoms. The summed E-state index contributed by atoms with van der Waals surface area (Å²) in [7, 11) is 0. The van der Waals surface area contributed by atoms with Crippen molar-refractivity contribution < 1.29 is 0 Å². The lowest BCUT2D eigenvalue weighted by Gasteiger charge is -2.34. The second-order valence-electron chi connectivity index (χ2n) is 6.05. The Morgan fingerprint density at radius 1 is 1.06 bits per heavy atom. The first-order chi connectivity index (χ1) is 8.54. The van der Waals surface area contributed by atoms with Crippen LogP contribution >= 0.6 is 11.6 Å². The lowest BCUT2D eigenvalue weighted by atomic mass is 9.80. The second kappa shape index (κ2) is 6.08. The van der Waals surface area contributed by atoms with E-state index < -0.39 is 0 Å². The van der Waals surface area contributed by atoms with E-state index in [0.717, 1.165) is 16.9 Å². The minimum Gasteiger partial charge on any atom is -0.307 e. The van der Waals surface area contributed by atoms with Crippen LogP contribution in [-0.2, 0) is 0 Å². The van der Waals surface area contributed by atoms with Crippen LogP contribution in [0.2, 0.25) is 5.02 Å². The van der Waals surface area contributed by atoms with Gasteiger partial charge in [-0.05, 0) is 55.7 Å². The number of halogens is 1. The topological polar surface area (TPSA) is 12.0 Å². The Morgan fingerprint density at radius 2 is 1.61 bits per heavy atom. The van der Waals surface area contributed by atoms with E-state index in [1.54, 1.807) is 0 Å². The largest absolute Gasteiger partial charge is 0.307 e. The highest BCUT2D eigenvalue weighted by Gasteiger charge is 2.24. The average Bonchev–Trinajstić information content (AvgIpc) is 2.28. The van der Waals surface area contributed by atoms with Gasteiger partial charge < -0.3 is 5.32 Å². The van der Waals surface area contributed by atoms with E-state index in [2.05, 4.69) is 38.2 Å². The molecule has 1 aliphatic rings. The van der Waals surface area contributed by atoms with Crippen LogP contribution in [0.3, 0.4) is 0 Å². The first-order valence-corrected chi connectivity index (χ1v) is 7.44. The first-order valence-electron chi connectivity index (χ1n) is 7.06. The number of hydrogen-bond donors (Lipinski definition) is 1. The van der Waals surface area contributed by atoms with Crippen molar-refractivity contribution in [2.75, 3.05) is 0 Å². The van der Waals surface area contributed by atoms with Crippen LogP contribution in [0.15, 0.2) is 24.3 Å². The van der Waals surface area contributed by atoms with Gasteiger partial charge in [0.15, 0.2) is 0 Å². The Labute approximate surface area is 116 Å². The van der Waals surface area contributed by atoms with Crippen LogP contribution in [0, 0.1) is 11.8 Å². The molecule has 3 atom stereocenters. The summed E-state index contributed by atoms with van der Waals surface area (Å²) >= 11 is 5.93. The zero-order chi connectivity index (χ0) is 13.1. The van der Waals surface area contributed by atoms with Crippen LogP contribution in [-0.4, -0.2) is 6.04 Å². The molecule has 1 saturated carbocycles. The molecule has 1 nitrogen and oxygen atoms in total. The maximum Gasteiger partial charge on any atom is 0.0406 e.